The van der Waals surface area contributed by atoms with Crippen molar-refractivity contribution in [2.45, 2.75) is 26.7 Å². The van der Waals surface area contributed by atoms with Gasteiger partial charge in [-0.1, -0.05) is 6.92 Å². The Morgan fingerprint density at radius 1 is 1.35 bits per heavy atom. The molecule has 0 saturated heterocycles. The number of carboxylic acids is 1. The molecule has 0 aliphatic heterocycles. The van der Waals surface area contributed by atoms with Crippen LogP contribution in [0.15, 0.2) is 18.3 Å². The molecular formula is C12H16N2O3. The van der Waals surface area contributed by atoms with E-state index in [-0.39, 0.29) is 11.5 Å². The number of nitrogens with zero attached hydrogens (tertiary/aromatic N) is 2. The summed E-state index contributed by atoms with van der Waals surface area (Å²) in [4.78, 5) is 28.0. The maximum absolute atomic E-state index is 11.8. The van der Waals surface area contributed by atoms with Crippen LogP contribution in [0.1, 0.15) is 37.0 Å². The van der Waals surface area contributed by atoms with Gasteiger partial charge in [0.05, 0.1) is 5.56 Å². The molecule has 1 heterocycles. The van der Waals surface area contributed by atoms with Gasteiger partial charge in [0.25, 0.3) is 0 Å². The van der Waals surface area contributed by atoms with Gasteiger partial charge in [-0.15, -0.1) is 0 Å². The molecule has 0 fully saturated rings. The van der Waals surface area contributed by atoms with Crippen molar-refractivity contribution in [2.24, 2.45) is 0 Å². The topological polar surface area (TPSA) is 70.5 Å². The summed E-state index contributed by atoms with van der Waals surface area (Å²) in [6.07, 6.45) is 2.51. The fourth-order valence-electron chi connectivity index (χ4n) is 1.49. The maximum Gasteiger partial charge on any atom is 0.337 e. The fourth-order valence-corrected chi connectivity index (χ4v) is 1.49. The molecule has 0 aliphatic carbocycles. The minimum absolute atomic E-state index is 0.00516. The number of carbonyl (C=O) groups is 2. The predicted octanol–water partition coefficient (Wildman–Crippen LogP) is 1.93. The van der Waals surface area contributed by atoms with E-state index in [4.69, 9.17) is 5.11 Å². The average Bonchev–Trinajstić information content (AvgIpc) is 2.31. The third kappa shape index (κ3) is 3.27. The summed E-state index contributed by atoms with van der Waals surface area (Å²) in [7, 11) is 0. The zero-order valence-electron chi connectivity index (χ0n) is 10.0. The van der Waals surface area contributed by atoms with Gasteiger partial charge in [-0.2, -0.15) is 0 Å². The molecule has 92 valence electrons. The van der Waals surface area contributed by atoms with E-state index in [1.54, 1.807) is 11.0 Å². The highest BCUT2D eigenvalue weighted by Gasteiger charge is 2.14. The zero-order chi connectivity index (χ0) is 12.8. The number of hydrogen-bond acceptors (Lipinski definition) is 3. The van der Waals surface area contributed by atoms with Crippen LogP contribution in [0.2, 0.25) is 0 Å². The Morgan fingerprint density at radius 3 is 2.47 bits per heavy atom. The number of carbonyl (C=O) groups excluding carboxylic acids is 1. The lowest BCUT2D eigenvalue weighted by Gasteiger charge is -2.19. The Labute approximate surface area is 100 Å². The summed E-state index contributed by atoms with van der Waals surface area (Å²) in [6.45, 7) is 4.32. The van der Waals surface area contributed by atoms with Gasteiger partial charge < -0.3 is 5.11 Å². The number of amides is 1. The first kappa shape index (κ1) is 13.2. The van der Waals surface area contributed by atoms with Gasteiger partial charge in [-0.25, -0.2) is 9.78 Å². The zero-order valence-corrected chi connectivity index (χ0v) is 10.0. The van der Waals surface area contributed by atoms with Crippen LogP contribution in [0.25, 0.3) is 0 Å². The molecule has 0 aliphatic rings. The highest BCUT2D eigenvalue weighted by molar-refractivity contribution is 5.93. The summed E-state index contributed by atoms with van der Waals surface area (Å²) >= 11 is 0. The highest BCUT2D eigenvalue weighted by Crippen LogP contribution is 2.13. The lowest BCUT2D eigenvalue weighted by molar-refractivity contribution is -0.118. The first-order valence-electron chi connectivity index (χ1n) is 5.59. The molecule has 0 radical (unpaired) electrons. The van der Waals surface area contributed by atoms with Crippen molar-refractivity contribution in [1.82, 2.24) is 4.98 Å². The number of hydrogen-bond donors (Lipinski definition) is 1. The van der Waals surface area contributed by atoms with E-state index in [0.29, 0.717) is 18.8 Å². The van der Waals surface area contributed by atoms with Crippen LogP contribution in [-0.2, 0) is 4.79 Å². The molecule has 0 aromatic carbocycles. The molecule has 0 spiro atoms. The van der Waals surface area contributed by atoms with E-state index in [1.165, 1.54) is 12.3 Å². The Kier molecular flexibility index (Phi) is 4.63. The Morgan fingerprint density at radius 2 is 2.06 bits per heavy atom. The lowest BCUT2D eigenvalue weighted by Crippen LogP contribution is -2.31. The Hall–Kier alpha value is -1.91. The minimum Gasteiger partial charge on any atom is -0.478 e. The SMILES string of the molecule is CCCC(=O)N(CC)c1ccc(C(=O)O)cn1. The largest absolute Gasteiger partial charge is 0.478 e. The summed E-state index contributed by atoms with van der Waals surface area (Å²) in [6, 6.07) is 3.01. The second-order valence-electron chi connectivity index (χ2n) is 3.60. The van der Waals surface area contributed by atoms with E-state index < -0.39 is 5.97 Å². The summed E-state index contributed by atoms with van der Waals surface area (Å²) < 4.78 is 0. The monoisotopic (exact) mass is 236 g/mol. The summed E-state index contributed by atoms with van der Waals surface area (Å²) in [5.74, 6) is -0.520. The lowest BCUT2D eigenvalue weighted by atomic mass is 10.2. The highest BCUT2D eigenvalue weighted by atomic mass is 16.4. The first-order chi connectivity index (χ1) is 8.10. The fraction of sp³-hybridized carbons (Fsp3) is 0.417. The normalized spacial score (nSPS) is 10.0. The molecule has 0 saturated carbocycles. The Bertz CT molecular complexity index is 401. The van der Waals surface area contributed by atoms with Crippen LogP contribution in [0.3, 0.4) is 0 Å². The number of aromatic carboxylic acids is 1. The molecular weight excluding hydrogens is 220 g/mol. The van der Waals surface area contributed by atoms with Crippen molar-refractivity contribution in [1.29, 1.82) is 0 Å². The van der Waals surface area contributed by atoms with Crippen LogP contribution >= 0.6 is 0 Å². The molecule has 1 amide bonds. The van der Waals surface area contributed by atoms with Gasteiger partial charge in [0.2, 0.25) is 5.91 Å². The molecule has 1 rings (SSSR count). The van der Waals surface area contributed by atoms with E-state index in [9.17, 15) is 9.59 Å². The second-order valence-corrected chi connectivity index (χ2v) is 3.60. The van der Waals surface area contributed by atoms with Crippen LogP contribution in [-0.4, -0.2) is 28.5 Å². The first-order valence-corrected chi connectivity index (χ1v) is 5.59. The van der Waals surface area contributed by atoms with Crippen LogP contribution in [0.5, 0.6) is 0 Å². The number of aromatic nitrogens is 1. The van der Waals surface area contributed by atoms with Crippen molar-refractivity contribution in [3.05, 3.63) is 23.9 Å². The van der Waals surface area contributed by atoms with Crippen molar-refractivity contribution in [2.75, 3.05) is 11.4 Å². The molecule has 1 N–H and O–H groups in total. The average molecular weight is 236 g/mol. The number of pyridine rings is 1. The van der Waals surface area contributed by atoms with E-state index in [0.717, 1.165) is 6.42 Å². The van der Waals surface area contributed by atoms with E-state index >= 15 is 0 Å². The molecule has 17 heavy (non-hydrogen) atoms. The quantitative estimate of drug-likeness (QED) is 0.848. The van der Waals surface area contributed by atoms with Crippen molar-refractivity contribution < 1.29 is 14.7 Å². The molecule has 1 aromatic rings. The third-order valence-electron chi connectivity index (χ3n) is 2.35. The molecule has 0 bridgehead atoms. The van der Waals surface area contributed by atoms with Crippen molar-refractivity contribution >= 4 is 17.7 Å². The van der Waals surface area contributed by atoms with Crippen molar-refractivity contribution in [3.8, 4) is 0 Å². The number of rotatable bonds is 5. The smallest absolute Gasteiger partial charge is 0.337 e. The van der Waals surface area contributed by atoms with Crippen LogP contribution in [0, 0.1) is 0 Å². The molecule has 5 nitrogen and oxygen atoms in total. The summed E-state index contributed by atoms with van der Waals surface area (Å²) in [5.41, 5.74) is 0.118. The third-order valence-corrected chi connectivity index (χ3v) is 2.35. The van der Waals surface area contributed by atoms with Gasteiger partial charge >= 0.3 is 5.97 Å². The van der Waals surface area contributed by atoms with Gasteiger partial charge in [0, 0.05) is 19.2 Å². The molecule has 5 heteroatoms. The van der Waals surface area contributed by atoms with Gasteiger partial charge in [0.15, 0.2) is 0 Å². The minimum atomic E-state index is -1.02. The molecule has 0 atom stereocenters. The standard InChI is InChI=1S/C12H16N2O3/c1-3-5-11(15)14(4-2)10-7-6-9(8-13-10)12(16)17/h6-8H,3-5H2,1-2H3,(H,16,17). The number of carboxylic acid groups (broad SMARTS) is 1. The van der Waals surface area contributed by atoms with E-state index in [2.05, 4.69) is 4.98 Å². The second kappa shape index (κ2) is 5.98. The van der Waals surface area contributed by atoms with Crippen LogP contribution < -0.4 is 4.90 Å². The Balaban J connectivity index is 2.89. The van der Waals surface area contributed by atoms with Crippen LogP contribution in [0.4, 0.5) is 5.82 Å². The summed E-state index contributed by atoms with van der Waals surface area (Å²) in [5, 5.41) is 8.74. The van der Waals surface area contributed by atoms with Gasteiger partial charge in [-0.05, 0) is 25.5 Å². The maximum atomic E-state index is 11.8. The van der Waals surface area contributed by atoms with E-state index in [1.807, 2.05) is 13.8 Å². The predicted molar refractivity (Wildman–Crippen MR) is 64.1 cm³/mol. The van der Waals surface area contributed by atoms with Gasteiger partial charge in [-0.3, -0.25) is 9.69 Å². The number of anilines is 1. The molecule has 1 aromatic heterocycles. The van der Waals surface area contributed by atoms with Crippen molar-refractivity contribution in [3.63, 3.8) is 0 Å². The van der Waals surface area contributed by atoms with Gasteiger partial charge in [0.1, 0.15) is 5.82 Å². The molecule has 0 unspecified atom stereocenters.